The summed E-state index contributed by atoms with van der Waals surface area (Å²) in [5.41, 5.74) is 3.86. The summed E-state index contributed by atoms with van der Waals surface area (Å²) in [6, 6.07) is 18.4. The molecule has 0 aliphatic heterocycles. The normalized spacial score (nSPS) is 10.7. The van der Waals surface area contributed by atoms with Gasteiger partial charge in [0, 0.05) is 8.59 Å². The van der Waals surface area contributed by atoms with E-state index in [1.807, 2.05) is 12.1 Å². The predicted octanol–water partition coefficient (Wildman–Crippen LogP) is 5.58. The van der Waals surface area contributed by atoms with Gasteiger partial charge in [0.25, 0.3) is 5.91 Å². The van der Waals surface area contributed by atoms with Crippen molar-refractivity contribution in [2.75, 3.05) is 0 Å². The first-order chi connectivity index (χ1) is 13.9. The molecule has 146 valence electrons. The number of ether oxygens (including phenoxy) is 1. The Balaban J connectivity index is 1.66. The van der Waals surface area contributed by atoms with E-state index in [0.717, 1.165) is 3.57 Å². The van der Waals surface area contributed by atoms with Gasteiger partial charge in [-0.1, -0.05) is 47.5 Å². The summed E-state index contributed by atoms with van der Waals surface area (Å²) in [6.07, 6.45) is 1.46. The van der Waals surface area contributed by atoms with Crippen molar-refractivity contribution < 1.29 is 14.3 Å². The number of carbonyl (C=O) groups is 2. The number of hydrazone groups is 1. The number of hydrogen-bond acceptors (Lipinski definition) is 4. The van der Waals surface area contributed by atoms with Crippen LogP contribution in [-0.2, 0) is 0 Å². The SMILES string of the molecule is O=C(Oc1cccc(/C=N\NC(=O)c2ccccc2I)c1)c1ccc(Cl)cc1Cl. The van der Waals surface area contributed by atoms with E-state index in [-0.39, 0.29) is 16.5 Å². The maximum absolute atomic E-state index is 12.3. The van der Waals surface area contributed by atoms with Gasteiger partial charge in [-0.2, -0.15) is 5.10 Å². The molecule has 0 saturated carbocycles. The van der Waals surface area contributed by atoms with Crippen LogP contribution in [0.1, 0.15) is 26.3 Å². The molecule has 0 aliphatic rings. The Morgan fingerprint density at radius 2 is 1.76 bits per heavy atom. The number of benzene rings is 3. The van der Waals surface area contributed by atoms with Crippen molar-refractivity contribution in [1.82, 2.24) is 5.43 Å². The van der Waals surface area contributed by atoms with E-state index in [9.17, 15) is 9.59 Å². The lowest BCUT2D eigenvalue weighted by atomic mass is 10.2. The second-order valence-electron chi connectivity index (χ2n) is 5.77. The maximum atomic E-state index is 12.3. The van der Waals surface area contributed by atoms with E-state index in [1.54, 1.807) is 42.5 Å². The first-order valence-electron chi connectivity index (χ1n) is 8.29. The molecule has 0 radical (unpaired) electrons. The minimum Gasteiger partial charge on any atom is -0.423 e. The quantitative estimate of drug-likeness (QED) is 0.151. The molecule has 3 aromatic carbocycles. The molecule has 0 aliphatic carbocycles. The molecule has 8 heteroatoms. The minimum atomic E-state index is -0.604. The van der Waals surface area contributed by atoms with Gasteiger partial charge in [0.2, 0.25) is 0 Å². The molecule has 1 amide bonds. The number of halogens is 3. The minimum absolute atomic E-state index is 0.207. The smallest absolute Gasteiger partial charge is 0.345 e. The fourth-order valence-electron chi connectivity index (χ4n) is 2.35. The molecule has 0 unspecified atom stereocenters. The second kappa shape index (κ2) is 9.87. The molecule has 1 N–H and O–H groups in total. The van der Waals surface area contributed by atoms with E-state index in [2.05, 4.69) is 33.1 Å². The number of nitrogens with one attached hydrogen (secondary N) is 1. The molecular formula is C21H13Cl2IN2O3. The topological polar surface area (TPSA) is 67.8 Å². The highest BCUT2D eigenvalue weighted by molar-refractivity contribution is 14.1. The van der Waals surface area contributed by atoms with Gasteiger partial charge in [-0.25, -0.2) is 10.2 Å². The Kier molecular flexibility index (Phi) is 7.24. The van der Waals surface area contributed by atoms with E-state index < -0.39 is 5.97 Å². The monoisotopic (exact) mass is 538 g/mol. The first kappa shape index (κ1) is 21.3. The Bertz CT molecular complexity index is 1100. The molecule has 0 bridgehead atoms. The lowest BCUT2D eigenvalue weighted by Gasteiger charge is -2.07. The van der Waals surface area contributed by atoms with Gasteiger partial charge in [-0.15, -0.1) is 0 Å². The number of carbonyl (C=O) groups excluding carboxylic acids is 2. The summed E-state index contributed by atoms with van der Waals surface area (Å²) < 4.78 is 6.18. The van der Waals surface area contributed by atoms with Gasteiger partial charge in [0.1, 0.15) is 5.75 Å². The predicted molar refractivity (Wildman–Crippen MR) is 122 cm³/mol. The molecule has 0 atom stereocenters. The number of amides is 1. The van der Waals surface area contributed by atoms with Gasteiger partial charge in [-0.05, 0) is 70.6 Å². The van der Waals surface area contributed by atoms with Gasteiger partial charge >= 0.3 is 5.97 Å². The van der Waals surface area contributed by atoms with Crippen molar-refractivity contribution in [3.63, 3.8) is 0 Å². The largest absolute Gasteiger partial charge is 0.423 e. The summed E-state index contributed by atoms with van der Waals surface area (Å²) in [7, 11) is 0. The number of rotatable bonds is 5. The van der Waals surface area contributed by atoms with Crippen LogP contribution in [0.3, 0.4) is 0 Å². The third kappa shape index (κ3) is 5.79. The Morgan fingerprint density at radius 3 is 2.52 bits per heavy atom. The Morgan fingerprint density at radius 1 is 0.966 bits per heavy atom. The lowest BCUT2D eigenvalue weighted by Crippen LogP contribution is -2.18. The molecule has 5 nitrogen and oxygen atoms in total. The van der Waals surface area contributed by atoms with Crippen LogP contribution in [0.15, 0.2) is 71.8 Å². The third-order valence-corrected chi connectivity index (χ3v) is 5.21. The standard InChI is InChI=1S/C21H13Cl2IN2O3/c22-14-8-9-16(18(23)11-14)21(28)29-15-5-3-4-13(10-15)12-25-26-20(27)17-6-1-2-7-19(17)24/h1-12H,(H,26,27)/b25-12-. The van der Waals surface area contributed by atoms with Gasteiger partial charge in [0.05, 0.1) is 22.4 Å². The number of hydrogen-bond donors (Lipinski definition) is 1. The molecule has 0 spiro atoms. The van der Waals surface area contributed by atoms with Crippen LogP contribution in [0, 0.1) is 3.57 Å². The fraction of sp³-hybridized carbons (Fsp3) is 0. The van der Waals surface area contributed by atoms with E-state index >= 15 is 0 Å². The van der Waals surface area contributed by atoms with Crippen LogP contribution in [0.2, 0.25) is 10.0 Å². The molecule has 3 aromatic rings. The highest BCUT2D eigenvalue weighted by atomic mass is 127. The molecule has 0 fully saturated rings. The molecular weight excluding hydrogens is 526 g/mol. The van der Waals surface area contributed by atoms with Crippen LogP contribution in [0.5, 0.6) is 5.75 Å². The van der Waals surface area contributed by atoms with Crippen molar-refractivity contribution in [3.05, 3.63) is 97.0 Å². The summed E-state index contributed by atoms with van der Waals surface area (Å²) in [6.45, 7) is 0. The van der Waals surface area contributed by atoms with E-state index in [0.29, 0.717) is 21.9 Å². The number of esters is 1. The van der Waals surface area contributed by atoms with E-state index in [1.165, 1.54) is 18.3 Å². The van der Waals surface area contributed by atoms with Crippen molar-refractivity contribution in [1.29, 1.82) is 0 Å². The molecule has 0 aromatic heterocycles. The van der Waals surface area contributed by atoms with Crippen LogP contribution < -0.4 is 10.2 Å². The van der Waals surface area contributed by atoms with Crippen LogP contribution in [0.25, 0.3) is 0 Å². The van der Waals surface area contributed by atoms with Crippen molar-refractivity contribution in [2.45, 2.75) is 0 Å². The molecule has 29 heavy (non-hydrogen) atoms. The van der Waals surface area contributed by atoms with E-state index in [4.69, 9.17) is 27.9 Å². The third-order valence-electron chi connectivity index (χ3n) is 3.72. The summed E-state index contributed by atoms with van der Waals surface area (Å²) in [4.78, 5) is 24.5. The van der Waals surface area contributed by atoms with Gasteiger partial charge in [0.15, 0.2) is 0 Å². The first-order valence-corrected chi connectivity index (χ1v) is 10.1. The van der Waals surface area contributed by atoms with Crippen molar-refractivity contribution >= 4 is 63.9 Å². The maximum Gasteiger partial charge on any atom is 0.345 e. The molecule has 0 heterocycles. The zero-order chi connectivity index (χ0) is 20.8. The Labute approximate surface area is 190 Å². The highest BCUT2D eigenvalue weighted by Crippen LogP contribution is 2.23. The molecule has 3 rings (SSSR count). The van der Waals surface area contributed by atoms with Crippen LogP contribution in [0.4, 0.5) is 0 Å². The van der Waals surface area contributed by atoms with Gasteiger partial charge in [-0.3, -0.25) is 4.79 Å². The summed E-state index contributed by atoms with van der Waals surface area (Å²) >= 11 is 14.0. The average molecular weight is 539 g/mol. The van der Waals surface area contributed by atoms with Crippen molar-refractivity contribution in [2.24, 2.45) is 5.10 Å². The highest BCUT2D eigenvalue weighted by Gasteiger charge is 2.13. The average Bonchev–Trinajstić information content (AvgIpc) is 2.68. The van der Waals surface area contributed by atoms with Gasteiger partial charge < -0.3 is 4.74 Å². The van der Waals surface area contributed by atoms with Crippen LogP contribution in [-0.4, -0.2) is 18.1 Å². The summed E-state index contributed by atoms with van der Waals surface area (Å²) in [5, 5.41) is 4.59. The molecule has 0 saturated heterocycles. The second-order valence-corrected chi connectivity index (χ2v) is 7.77. The lowest BCUT2D eigenvalue weighted by molar-refractivity contribution is 0.0734. The van der Waals surface area contributed by atoms with Crippen LogP contribution >= 0.6 is 45.8 Å². The zero-order valence-corrected chi connectivity index (χ0v) is 18.4. The fourth-order valence-corrected chi connectivity index (χ4v) is 3.46. The van der Waals surface area contributed by atoms with Crippen molar-refractivity contribution in [3.8, 4) is 5.75 Å². The Hall–Kier alpha value is -2.42. The number of nitrogens with zero attached hydrogens (tertiary/aromatic N) is 1. The summed E-state index contributed by atoms with van der Waals surface area (Å²) in [5.74, 6) is -0.604. The zero-order valence-electron chi connectivity index (χ0n) is 14.7.